The van der Waals surface area contributed by atoms with Gasteiger partial charge >= 0.3 is 0 Å². The zero-order valence-electron chi connectivity index (χ0n) is 12.4. The zero-order chi connectivity index (χ0) is 15.6. The number of nitrogens with zero attached hydrogens (tertiary/aromatic N) is 2. The Hall–Kier alpha value is -1.66. The molecule has 0 radical (unpaired) electrons. The molecule has 6 nitrogen and oxygen atoms in total. The monoisotopic (exact) mass is 294 g/mol. The summed E-state index contributed by atoms with van der Waals surface area (Å²) in [5.41, 5.74) is 0.965. The first kappa shape index (κ1) is 15.7. The van der Waals surface area contributed by atoms with E-state index in [0.717, 1.165) is 25.7 Å². The summed E-state index contributed by atoms with van der Waals surface area (Å²) in [6, 6.07) is 4.65. The normalized spacial score (nSPS) is 23.6. The van der Waals surface area contributed by atoms with Crippen LogP contribution in [0.3, 0.4) is 0 Å². The van der Waals surface area contributed by atoms with Gasteiger partial charge in [-0.3, -0.25) is 10.1 Å². The topological polar surface area (TPSA) is 86.8 Å². The van der Waals surface area contributed by atoms with Crippen LogP contribution in [-0.4, -0.2) is 34.3 Å². The standard InChI is InChI=1S/C15H22N2O4/c1-10(18)11-7-8-12(14(9-11)17(20)21)16(2)13-5-3-4-6-15(13)19/h7-10,13,15,18-19H,3-6H2,1-2H3/t10-,13?,15?/m0/s1. The molecule has 2 N–H and O–H groups in total. The van der Waals surface area contributed by atoms with Crippen LogP contribution in [0, 0.1) is 10.1 Å². The molecule has 0 saturated heterocycles. The maximum absolute atomic E-state index is 11.3. The molecule has 0 bridgehead atoms. The molecule has 0 amide bonds. The lowest BCUT2D eigenvalue weighted by Crippen LogP contribution is -2.43. The molecule has 2 rings (SSSR count). The predicted octanol–water partition coefficient (Wildman–Crippen LogP) is 2.39. The number of benzene rings is 1. The second-order valence-corrected chi connectivity index (χ2v) is 5.71. The molecular weight excluding hydrogens is 272 g/mol. The average molecular weight is 294 g/mol. The molecule has 1 aliphatic carbocycles. The van der Waals surface area contributed by atoms with Gasteiger partial charge < -0.3 is 15.1 Å². The average Bonchev–Trinajstić information content (AvgIpc) is 2.46. The van der Waals surface area contributed by atoms with Crippen molar-refractivity contribution in [2.45, 2.75) is 50.9 Å². The highest BCUT2D eigenvalue weighted by Gasteiger charge is 2.30. The molecule has 21 heavy (non-hydrogen) atoms. The van der Waals surface area contributed by atoms with Crippen LogP contribution in [0.2, 0.25) is 0 Å². The van der Waals surface area contributed by atoms with Gasteiger partial charge in [-0.25, -0.2) is 0 Å². The first-order chi connectivity index (χ1) is 9.91. The van der Waals surface area contributed by atoms with Crippen molar-refractivity contribution in [3.63, 3.8) is 0 Å². The summed E-state index contributed by atoms with van der Waals surface area (Å²) < 4.78 is 0. The van der Waals surface area contributed by atoms with Gasteiger partial charge in [0.2, 0.25) is 0 Å². The summed E-state index contributed by atoms with van der Waals surface area (Å²) in [6.45, 7) is 1.58. The van der Waals surface area contributed by atoms with E-state index in [1.165, 1.54) is 6.07 Å². The van der Waals surface area contributed by atoms with Crippen molar-refractivity contribution >= 4 is 11.4 Å². The van der Waals surface area contributed by atoms with Crippen molar-refractivity contribution in [1.82, 2.24) is 0 Å². The molecule has 0 aliphatic heterocycles. The summed E-state index contributed by atoms with van der Waals surface area (Å²) in [5.74, 6) is 0. The third-order valence-corrected chi connectivity index (χ3v) is 4.25. The highest BCUT2D eigenvalue weighted by atomic mass is 16.6. The Morgan fingerprint density at radius 3 is 2.62 bits per heavy atom. The summed E-state index contributed by atoms with van der Waals surface area (Å²) in [5, 5.41) is 31.0. The van der Waals surface area contributed by atoms with E-state index in [2.05, 4.69) is 0 Å². The van der Waals surface area contributed by atoms with Crippen LogP contribution >= 0.6 is 0 Å². The Balaban J connectivity index is 2.35. The first-order valence-corrected chi connectivity index (χ1v) is 7.29. The Kier molecular flexibility index (Phi) is 4.80. The van der Waals surface area contributed by atoms with E-state index in [4.69, 9.17) is 0 Å². The third kappa shape index (κ3) is 3.33. The highest BCUT2D eigenvalue weighted by molar-refractivity contribution is 5.64. The minimum Gasteiger partial charge on any atom is -0.391 e. The van der Waals surface area contributed by atoms with Crippen molar-refractivity contribution in [2.24, 2.45) is 0 Å². The van der Waals surface area contributed by atoms with E-state index in [0.29, 0.717) is 11.3 Å². The molecule has 6 heteroatoms. The van der Waals surface area contributed by atoms with Crippen molar-refractivity contribution in [3.8, 4) is 0 Å². The molecule has 3 atom stereocenters. The Morgan fingerprint density at radius 1 is 1.38 bits per heavy atom. The van der Waals surface area contributed by atoms with Gasteiger partial charge in [-0.15, -0.1) is 0 Å². The van der Waals surface area contributed by atoms with Crippen LogP contribution < -0.4 is 4.90 Å². The Labute approximate surface area is 124 Å². The number of nitro groups is 1. The molecule has 1 fully saturated rings. The lowest BCUT2D eigenvalue weighted by molar-refractivity contribution is -0.384. The van der Waals surface area contributed by atoms with E-state index in [1.807, 2.05) is 0 Å². The number of aliphatic hydroxyl groups excluding tert-OH is 2. The fourth-order valence-corrected chi connectivity index (χ4v) is 2.97. The van der Waals surface area contributed by atoms with E-state index in [-0.39, 0.29) is 11.7 Å². The number of hydrogen-bond acceptors (Lipinski definition) is 5. The van der Waals surface area contributed by atoms with E-state index in [9.17, 15) is 20.3 Å². The van der Waals surface area contributed by atoms with Gasteiger partial charge in [-0.2, -0.15) is 0 Å². The molecule has 0 spiro atoms. The third-order valence-electron chi connectivity index (χ3n) is 4.25. The molecule has 0 heterocycles. The number of nitro benzene ring substituents is 1. The molecule has 1 aromatic rings. The van der Waals surface area contributed by atoms with E-state index >= 15 is 0 Å². The van der Waals surface area contributed by atoms with Crippen LogP contribution in [-0.2, 0) is 0 Å². The van der Waals surface area contributed by atoms with Crippen molar-refractivity contribution < 1.29 is 15.1 Å². The minimum absolute atomic E-state index is 0.0336. The molecular formula is C15H22N2O4. The SMILES string of the molecule is C[C@H](O)c1ccc(N(C)C2CCCCC2O)c([N+](=O)[O-])c1. The van der Waals surface area contributed by atoms with E-state index in [1.54, 1.807) is 31.0 Å². The van der Waals surface area contributed by atoms with Crippen molar-refractivity contribution in [2.75, 3.05) is 11.9 Å². The molecule has 1 aromatic carbocycles. The van der Waals surface area contributed by atoms with Gasteiger partial charge in [-0.05, 0) is 31.4 Å². The quantitative estimate of drug-likeness (QED) is 0.657. The minimum atomic E-state index is -0.747. The number of likely N-dealkylation sites (N-methyl/N-ethyl adjacent to an activating group) is 1. The van der Waals surface area contributed by atoms with Crippen LogP contribution in [0.5, 0.6) is 0 Å². The number of rotatable bonds is 4. The van der Waals surface area contributed by atoms with E-state index < -0.39 is 17.1 Å². The number of aliphatic hydroxyl groups is 2. The largest absolute Gasteiger partial charge is 0.391 e. The molecule has 1 saturated carbocycles. The summed E-state index contributed by atoms with van der Waals surface area (Å²) in [7, 11) is 1.78. The number of anilines is 1. The van der Waals surface area contributed by atoms with Crippen LogP contribution in [0.25, 0.3) is 0 Å². The van der Waals surface area contributed by atoms with Gasteiger partial charge in [0.05, 0.1) is 23.2 Å². The Morgan fingerprint density at radius 2 is 2.05 bits per heavy atom. The van der Waals surface area contributed by atoms with Gasteiger partial charge in [-0.1, -0.05) is 18.9 Å². The maximum Gasteiger partial charge on any atom is 0.292 e. The molecule has 116 valence electrons. The van der Waals surface area contributed by atoms with Crippen molar-refractivity contribution in [1.29, 1.82) is 0 Å². The lowest BCUT2D eigenvalue weighted by atomic mass is 9.91. The fraction of sp³-hybridized carbons (Fsp3) is 0.600. The smallest absolute Gasteiger partial charge is 0.292 e. The van der Waals surface area contributed by atoms with Gasteiger partial charge in [0, 0.05) is 13.1 Å². The van der Waals surface area contributed by atoms with Gasteiger partial charge in [0.15, 0.2) is 0 Å². The fourth-order valence-electron chi connectivity index (χ4n) is 2.97. The van der Waals surface area contributed by atoms with Gasteiger partial charge in [0.1, 0.15) is 5.69 Å². The molecule has 1 aliphatic rings. The first-order valence-electron chi connectivity index (χ1n) is 7.29. The summed E-state index contributed by atoms with van der Waals surface area (Å²) in [4.78, 5) is 12.7. The van der Waals surface area contributed by atoms with Crippen LogP contribution in [0.4, 0.5) is 11.4 Å². The highest BCUT2D eigenvalue weighted by Crippen LogP contribution is 2.34. The Bertz CT molecular complexity index is 518. The van der Waals surface area contributed by atoms with Crippen LogP contribution in [0.1, 0.15) is 44.3 Å². The number of hydrogen-bond donors (Lipinski definition) is 2. The molecule has 0 aromatic heterocycles. The predicted molar refractivity (Wildman–Crippen MR) is 80.4 cm³/mol. The second kappa shape index (κ2) is 6.41. The van der Waals surface area contributed by atoms with Crippen LogP contribution in [0.15, 0.2) is 18.2 Å². The van der Waals surface area contributed by atoms with Crippen molar-refractivity contribution in [3.05, 3.63) is 33.9 Å². The summed E-state index contributed by atoms with van der Waals surface area (Å²) in [6.07, 6.45) is 2.37. The summed E-state index contributed by atoms with van der Waals surface area (Å²) >= 11 is 0. The molecule has 2 unspecified atom stereocenters. The zero-order valence-corrected chi connectivity index (χ0v) is 12.4. The van der Waals surface area contributed by atoms with Gasteiger partial charge in [0.25, 0.3) is 5.69 Å². The maximum atomic E-state index is 11.3. The second-order valence-electron chi connectivity index (χ2n) is 5.71. The lowest BCUT2D eigenvalue weighted by Gasteiger charge is -2.36.